The molecule has 0 aliphatic heterocycles. The lowest BCUT2D eigenvalue weighted by molar-refractivity contribution is 0.161. The van der Waals surface area contributed by atoms with Crippen LogP contribution in [0.1, 0.15) is 79.1 Å². The lowest BCUT2D eigenvalue weighted by atomic mass is 9.73. The molecule has 0 radical (unpaired) electrons. The zero-order valence-corrected chi connectivity index (χ0v) is 12.5. The quantitative estimate of drug-likeness (QED) is 0.644. The van der Waals surface area contributed by atoms with Gasteiger partial charge in [-0.05, 0) is 43.6 Å². The lowest BCUT2D eigenvalue weighted by Crippen LogP contribution is -2.44. The van der Waals surface area contributed by atoms with Gasteiger partial charge < -0.3 is 5.32 Å². The Hall–Kier alpha value is -0.0400. The molecule has 1 saturated carbocycles. The second kappa shape index (κ2) is 7.41. The molecule has 0 aromatic carbocycles. The van der Waals surface area contributed by atoms with Crippen LogP contribution < -0.4 is 5.32 Å². The van der Waals surface area contributed by atoms with Crippen LogP contribution in [0, 0.1) is 11.3 Å². The van der Waals surface area contributed by atoms with E-state index in [0.29, 0.717) is 5.41 Å². The van der Waals surface area contributed by atoms with Gasteiger partial charge in [0.2, 0.25) is 0 Å². The zero-order valence-electron chi connectivity index (χ0n) is 12.5. The summed E-state index contributed by atoms with van der Waals surface area (Å²) < 4.78 is 0. The molecule has 1 aliphatic carbocycles. The molecule has 2 atom stereocenters. The molecule has 0 amide bonds. The van der Waals surface area contributed by atoms with Gasteiger partial charge in [0.25, 0.3) is 0 Å². The molecular weight excluding hydrogens is 206 g/mol. The normalized spacial score (nSPS) is 22.6. The SMILES string of the molecule is CCCC(C)CC(NCC)C1(CC)CCCC1. The third-order valence-electron chi connectivity index (χ3n) is 4.91. The Morgan fingerprint density at radius 3 is 2.24 bits per heavy atom. The van der Waals surface area contributed by atoms with Crippen LogP contribution in [-0.4, -0.2) is 12.6 Å². The van der Waals surface area contributed by atoms with E-state index >= 15 is 0 Å². The summed E-state index contributed by atoms with van der Waals surface area (Å²) in [5.74, 6) is 0.882. The Bertz CT molecular complexity index is 194. The number of rotatable bonds is 8. The fourth-order valence-corrected chi connectivity index (χ4v) is 3.84. The molecule has 0 aromatic heterocycles. The molecule has 17 heavy (non-hydrogen) atoms. The molecule has 0 heterocycles. The van der Waals surface area contributed by atoms with Gasteiger partial charge in [-0.1, -0.05) is 53.4 Å². The summed E-state index contributed by atoms with van der Waals surface area (Å²) in [6.45, 7) is 10.5. The van der Waals surface area contributed by atoms with Crippen LogP contribution in [0.2, 0.25) is 0 Å². The summed E-state index contributed by atoms with van der Waals surface area (Å²) in [5, 5.41) is 3.81. The molecule has 1 N–H and O–H groups in total. The molecule has 0 saturated heterocycles. The maximum Gasteiger partial charge on any atom is 0.0126 e. The van der Waals surface area contributed by atoms with Crippen molar-refractivity contribution in [2.24, 2.45) is 11.3 Å². The Morgan fingerprint density at radius 1 is 1.12 bits per heavy atom. The highest BCUT2D eigenvalue weighted by atomic mass is 14.9. The summed E-state index contributed by atoms with van der Waals surface area (Å²) in [6, 6.07) is 0.765. The van der Waals surface area contributed by atoms with E-state index in [1.54, 1.807) is 0 Å². The van der Waals surface area contributed by atoms with Crippen molar-refractivity contribution in [3.8, 4) is 0 Å². The third kappa shape index (κ3) is 3.98. The van der Waals surface area contributed by atoms with Crippen molar-refractivity contribution in [1.29, 1.82) is 0 Å². The Labute approximate surface area is 109 Å². The molecule has 2 unspecified atom stereocenters. The van der Waals surface area contributed by atoms with Gasteiger partial charge in [-0.3, -0.25) is 0 Å². The minimum Gasteiger partial charge on any atom is -0.314 e. The van der Waals surface area contributed by atoms with Crippen molar-refractivity contribution in [2.75, 3.05) is 6.54 Å². The van der Waals surface area contributed by atoms with Crippen LogP contribution in [0.15, 0.2) is 0 Å². The average Bonchev–Trinajstić information content (AvgIpc) is 2.78. The van der Waals surface area contributed by atoms with Crippen LogP contribution >= 0.6 is 0 Å². The van der Waals surface area contributed by atoms with Crippen LogP contribution in [0.5, 0.6) is 0 Å². The molecule has 102 valence electrons. The van der Waals surface area contributed by atoms with Gasteiger partial charge in [0.1, 0.15) is 0 Å². The van der Waals surface area contributed by atoms with Crippen molar-refractivity contribution in [1.82, 2.24) is 5.32 Å². The van der Waals surface area contributed by atoms with Crippen molar-refractivity contribution < 1.29 is 0 Å². The van der Waals surface area contributed by atoms with E-state index in [9.17, 15) is 0 Å². The Kier molecular flexibility index (Phi) is 6.54. The molecule has 1 heteroatoms. The van der Waals surface area contributed by atoms with E-state index in [1.165, 1.54) is 51.4 Å². The van der Waals surface area contributed by atoms with E-state index in [0.717, 1.165) is 18.5 Å². The third-order valence-corrected chi connectivity index (χ3v) is 4.91. The van der Waals surface area contributed by atoms with Crippen LogP contribution in [-0.2, 0) is 0 Å². The predicted molar refractivity (Wildman–Crippen MR) is 77.3 cm³/mol. The summed E-state index contributed by atoms with van der Waals surface area (Å²) >= 11 is 0. The Balaban J connectivity index is 2.62. The van der Waals surface area contributed by atoms with Gasteiger partial charge in [0, 0.05) is 6.04 Å². The van der Waals surface area contributed by atoms with E-state index in [2.05, 4.69) is 33.0 Å². The summed E-state index contributed by atoms with van der Waals surface area (Å²) in [5.41, 5.74) is 0.623. The van der Waals surface area contributed by atoms with Gasteiger partial charge in [0.05, 0.1) is 0 Å². The van der Waals surface area contributed by atoms with Gasteiger partial charge in [-0.25, -0.2) is 0 Å². The second-order valence-electron chi connectivity index (χ2n) is 6.16. The smallest absolute Gasteiger partial charge is 0.0126 e. The minimum atomic E-state index is 0.623. The van der Waals surface area contributed by atoms with Crippen molar-refractivity contribution in [3.63, 3.8) is 0 Å². The van der Waals surface area contributed by atoms with Crippen LogP contribution in [0.4, 0.5) is 0 Å². The maximum absolute atomic E-state index is 3.81. The molecule has 0 spiro atoms. The average molecular weight is 239 g/mol. The lowest BCUT2D eigenvalue weighted by Gasteiger charge is -2.39. The fourth-order valence-electron chi connectivity index (χ4n) is 3.84. The van der Waals surface area contributed by atoms with Gasteiger partial charge in [-0.15, -0.1) is 0 Å². The van der Waals surface area contributed by atoms with Crippen molar-refractivity contribution in [2.45, 2.75) is 85.1 Å². The second-order valence-corrected chi connectivity index (χ2v) is 6.16. The number of hydrogen-bond acceptors (Lipinski definition) is 1. The molecule has 0 aromatic rings. The van der Waals surface area contributed by atoms with E-state index in [1.807, 2.05) is 0 Å². The predicted octanol–water partition coefficient (Wildman–Crippen LogP) is 4.76. The minimum absolute atomic E-state index is 0.623. The maximum atomic E-state index is 3.81. The number of hydrogen-bond donors (Lipinski definition) is 1. The highest BCUT2D eigenvalue weighted by molar-refractivity contribution is 4.94. The van der Waals surface area contributed by atoms with Crippen LogP contribution in [0.3, 0.4) is 0 Å². The van der Waals surface area contributed by atoms with Crippen molar-refractivity contribution >= 4 is 0 Å². The molecule has 1 nitrogen and oxygen atoms in total. The molecule has 1 aliphatic rings. The monoisotopic (exact) mass is 239 g/mol. The fraction of sp³-hybridized carbons (Fsp3) is 1.00. The summed E-state index contributed by atoms with van der Waals surface area (Å²) in [7, 11) is 0. The first-order valence-electron chi connectivity index (χ1n) is 7.91. The molecule has 1 fully saturated rings. The van der Waals surface area contributed by atoms with Crippen LogP contribution in [0.25, 0.3) is 0 Å². The van der Waals surface area contributed by atoms with E-state index in [4.69, 9.17) is 0 Å². The first-order valence-corrected chi connectivity index (χ1v) is 7.91. The van der Waals surface area contributed by atoms with Gasteiger partial charge in [0.15, 0.2) is 0 Å². The molecule has 1 rings (SSSR count). The first kappa shape index (κ1) is 15.0. The number of nitrogens with one attached hydrogen (secondary N) is 1. The largest absolute Gasteiger partial charge is 0.314 e. The van der Waals surface area contributed by atoms with E-state index in [-0.39, 0.29) is 0 Å². The molecular formula is C16H33N. The summed E-state index contributed by atoms with van der Waals surface area (Å²) in [4.78, 5) is 0. The Morgan fingerprint density at radius 2 is 1.76 bits per heavy atom. The summed E-state index contributed by atoms with van der Waals surface area (Å²) in [6.07, 6.45) is 11.3. The highest BCUT2D eigenvalue weighted by Crippen LogP contribution is 2.45. The standard InChI is InChI=1S/C16H33N/c1-5-10-14(4)13-15(17-7-3)16(6-2)11-8-9-12-16/h14-15,17H,5-13H2,1-4H3. The first-order chi connectivity index (χ1) is 8.18. The van der Waals surface area contributed by atoms with E-state index < -0.39 is 0 Å². The van der Waals surface area contributed by atoms with Gasteiger partial charge >= 0.3 is 0 Å². The topological polar surface area (TPSA) is 12.0 Å². The van der Waals surface area contributed by atoms with Gasteiger partial charge in [-0.2, -0.15) is 0 Å². The molecule has 0 bridgehead atoms. The highest BCUT2D eigenvalue weighted by Gasteiger charge is 2.39. The van der Waals surface area contributed by atoms with Crippen molar-refractivity contribution in [3.05, 3.63) is 0 Å². The zero-order chi connectivity index (χ0) is 12.7.